The second-order valence-electron chi connectivity index (χ2n) is 5.26. The van der Waals surface area contributed by atoms with E-state index >= 15 is 0 Å². The topological polar surface area (TPSA) is 35.6 Å². The fourth-order valence-electron chi connectivity index (χ4n) is 2.55. The lowest BCUT2D eigenvalue weighted by atomic mass is 10.0. The molecule has 0 radical (unpaired) electrons. The number of hydrogen-bond donors (Lipinski definition) is 1. The Hall–Kier alpha value is -1.91. The van der Waals surface area contributed by atoms with E-state index in [-0.39, 0.29) is 5.91 Å². The van der Waals surface area contributed by atoms with Crippen LogP contribution in [0.2, 0.25) is 0 Å². The number of hydrazine groups is 1. The zero-order chi connectivity index (χ0) is 13.9. The molecule has 1 fully saturated rings. The van der Waals surface area contributed by atoms with Gasteiger partial charge in [0.2, 0.25) is 0 Å². The van der Waals surface area contributed by atoms with Crippen LogP contribution in [0.15, 0.2) is 42.5 Å². The molecule has 4 nitrogen and oxygen atoms in total. The normalized spacial score (nSPS) is 17.2. The summed E-state index contributed by atoms with van der Waals surface area (Å²) in [6.45, 7) is 3.70. The number of benzene rings is 2. The number of carbonyl (C=O) groups is 1. The molecule has 2 aromatic carbocycles. The predicted molar refractivity (Wildman–Crippen MR) is 80.5 cm³/mol. The van der Waals surface area contributed by atoms with Crippen molar-refractivity contribution in [3.8, 4) is 0 Å². The third-order valence-electron chi connectivity index (χ3n) is 3.80. The van der Waals surface area contributed by atoms with Crippen LogP contribution in [0, 0.1) is 0 Å². The molecule has 3 rings (SSSR count). The van der Waals surface area contributed by atoms with Gasteiger partial charge in [0.1, 0.15) is 0 Å². The highest BCUT2D eigenvalue weighted by Gasteiger charge is 2.17. The third-order valence-corrected chi connectivity index (χ3v) is 3.80. The van der Waals surface area contributed by atoms with Crippen LogP contribution < -0.4 is 5.43 Å². The monoisotopic (exact) mass is 269 g/mol. The van der Waals surface area contributed by atoms with Gasteiger partial charge in [0.05, 0.1) is 0 Å². The maximum absolute atomic E-state index is 12.4. The van der Waals surface area contributed by atoms with Gasteiger partial charge < -0.3 is 4.90 Å². The molecule has 0 saturated carbocycles. The van der Waals surface area contributed by atoms with Crippen LogP contribution in [-0.2, 0) is 0 Å². The van der Waals surface area contributed by atoms with E-state index in [0.29, 0.717) is 0 Å². The summed E-state index contributed by atoms with van der Waals surface area (Å²) in [6.07, 6.45) is 0. The van der Waals surface area contributed by atoms with Gasteiger partial charge in [0, 0.05) is 31.7 Å². The van der Waals surface area contributed by atoms with Gasteiger partial charge in [0.15, 0.2) is 0 Å². The van der Waals surface area contributed by atoms with Gasteiger partial charge in [0.25, 0.3) is 5.91 Å². The predicted octanol–water partition coefficient (Wildman–Crippen LogP) is 1.73. The van der Waals surface area contributed by atoms with E-state index < -0.39 is 0 Å². The zero-order valence-corrected chi connectivity index (χ0v) is 11.7. The molecule has 4 heteroatoms. The summed E-state index contributed by atoms with van der Waals surface area (Å²) < 4.78 is 0. The molecule has 2 aromatic rings. The lowest BCUT2D eigenvalue weighted by molar-refractivity contribution is 0.0664. The lowest BCUT2D eigenvalue weighted by Crippen LogP contribution is -2.52. The SMILES string of the molecule is CN1CCN(NC(=O)c2cccc3ccccc23)CC1. The van der Waals surface area contributed by atoms with Crippen LogP contribution in [0.4, 0.5) is 0 Å². The number of rotatable bonds is 2. The van der Waals surface area contributed by atoms with Gasteiger partial charge in [-0.1, -0.05) is 36.4 Å². The zero-order valence-electron chi connectivity index (χ0n) is 11.7. The highest BCUT2D eigenvalue weighted by molar-refractivity contribution is 6.06. The van der Waals surface area contributed by atoms with Crippen molar-refractivity contribution in [3.63, 3.8) is 0 Å². The average Bonchev–Trinajstić information content (AvgIpc) is 2.49. The number of likely N-dealkylation sites (N-methyl/N-ethyl adjacent to an activating group) is 1. The minimum atomic E-state index is -0.0219. The van der Waals surface area contributed by atoms with Crippen molar-refractivity contribution in [1.29, 1.82) is 0 Å². The molecular weight excluding hydrogens is 250 g/mol. The molecule has 0 aliphatic carbocycles. The van der Waals surface area contributed by atoms with Crippen LogP contribution in [0.3, 0.4) is 0 Å². The van der Waals surface area contributed by atoms with Crippen molar-refractivity contribution in [3.05, 3.63) is 48.0 Å². The van der Waals surface area contributed by atoms with Crippen molar-refractivity contribution in [2.75, 3.05) is 33.2 Å². The fraction of sp³-hybridized carbons (Fsp3) is 0.312. The van der Waals surface area contributed by atoms with Gasteiger partial charge in [-0.3, -0.25) is 10.2 Å². The third kappa shape index (κ3) is 2.66. The summed E-state index contributed by atoms with van der Waals surface area (Å²) >= 11 is 0. The van der Waals surface area contributed by atoms with Crippen molar-refractivity contribution in [2.24, 2.45) is 0 Å². The summed E-state index contributed by atoms with van der Waals surface area (Å²) in [5, 5.41) is 4.10. The fourth-order valence-corrected chi connectivity index (χ4v) is 2.55. The molecular formula is C16H19N3O. The second-order valence-corrected chi connectivity index (χ2v) is 5.26. The Morgan fingerprint density at radius 2 is 1.70 bits per heavy atom. The van der Waals surface area contributed by atoms with Crippen molar-refractivity contribution in [1.82, 2.24) is 15.3 Å². The van der Waals surface area contributed by atoms with Crippen LogP contribution in [0.25, 0.3) is 10.8 Å². The number of hydrogen-bond acceptors (Lipinski definition) is 3. The smallest absolute Gasteiger partial charge is 0.266 e. The van der Waals surface area contributed by atoms with E-state index in [2.05, 4.69) is 17.4 Å². The van der Waals surface area contributed by atoms with Crippen LogP contribution >= 0.6 is 0 Å². The van der Waals surface area contributed by atoms with E-state index in [1.54, 1.807) is 0 Å². The molecule has 0 aromatic heterocycles. The molecule has 1 amide bonds. The molecule has 1 saturated heterocycles. The quantitative estimate of drug-likeness (QED) is 0.902. The summed E-state index contributed by atoms with van der Waals surface area (Å²) in [6, 6.07) is 13.8. The van der Waals surface area contributed by atoms with Gasteiger partial charge in [-0.2, -0.15) is 0 Å². The largest absolute Gasteiger partial charge is 0.304 e. The Balaban J connectivity index is 1.79. The first kappa shape index (κ1) is 13.1. The van der Waals surface area contributed by atoms with Crippen LogP contribution in [0.5, 0.6) is 0 Å². The highest BCUT2D eigenvalue weighted by atomic mass is 16.2. The molecule has 1 aliphatic heterocycles. The molecule has 0 spiro atoms. The highest BCUT2D eigenvalue weighted by Crippen LogP contribution is 2.18. The average molecular weight is 269 g/mol. The Morgan fingerprint density at radius 3 is 2.50 bits per heavy atom. The Kier molecular flexibility index (Phi) is 3.67. The Labute approximate surface area is 118 Å². The van der Waals surface area contributed by atoms with Gasteiger partial charge in [-0.25, -0.2) is 5.01 Å². The second kappa shape index (κ2) is 5.61. The summed E-state index contributed by atoms with van der Waals surface area (Å²) in [7, 11) is 2.10. The van der Waals surface area contributed by atoms with Crippen molar-refractivity contribution >= 4 is 16.7 Å². The number of amides is 1. The van der Waals surface area contributed by atoms with Crippen LogP contribution in [0.1, 0.15) is 10.4 Å². The molecule has 0 bridgehead atoms. The minimum Gasteiger partial charge on any atom is -0.304 e. The number of nitrogens with zero attached hydrogens (tertiary/aromatic N) is 2. The first-order chi connectivity index (χ1) is 9.74. The van der Waals surface area contributed by atoms with Crippen LogP contribution in [-0.4, -0.2) is 49.0 Å². The maximum atomic E-state index is 12.4. The summed E-state index contributed by atoms with van der Waals surface area (Å²) in [5.41, 5.74) is 3.75. The summed E-state index contributed by atoms with van der Waals surface area (Å²) in [4.78, 5) is 14.7. The number of carbonyl (C=O) groups excluding carboxylic acids is 1. The van der Waals surface area contributed by atoms with Gasteiger partial charge in [-0.15, -0.1) is 0 Å². The molecule has 0 unspecified atom stereocenters. The standard InChI is InChI=1S/C16H19N3O/c1-18-9-11-19(12-10-18)17-16(20)15-8-4-6-13-5-2-3-7-14(13)15/h2-8H,9-12H2,1H3,(H,17,20). The molecule has 20 heavy (non-hydrogen) atoms. The molecule has 104 valence electrons. The Morgan fingerprint density at radius 1 is 1.00 bits per heavy atom. The van der Waals surface area contributed by atoms with E-state index in [4.69, 9.17) is 0 Å². The lowest BCUT2D eigenvalue weighted by Gasteiger charge is -2.32. The first-order valence-corrected chi connectivity index (χ1v) is 6.96. The van der Waals surface area contributed by atoms with Gasteiger partial charge in [-0.05, 0) is 23.9 Å². The molecule has 0 atom stereocenters. The maximum Gasteiger partial charge on any atom is 0.266 e. The molecule has 1 heterocycles. The number of nitrogens with one attached hydrogen (secondary N) is 1. The van der Waals surface area contributed by atoms with E-state index in [1.807, 2.05) is 47.5 Å². The van der Waals surface area contributed by atoms with Crippen molar-refractivity contribution in [2.45, 2.75) is 0 Å². The Bertz CT molecular complexity index is 613. The minimum absolute atomic E-state index is 0.0219. The molecule has 1 N–H and O–H groups in total. The number of piperazine rings is 1. The van der Waals surface area contributed by atoms with E-state index in [0.717, 1.165) is 42.5 Å². The summed E-state index contributed by atoms with van der Waals surface area (Å²) in [5.74, 6) is -0.0219. The van der Waals surface area contributed by atoms with E-state index in [9.17, 15) is 4.79 Å². The number of fused-ring (bicyclic) bond motifs is 1. The van der Waals surface area contributed by atoms with Gasteiger partial charge >= 0.3 is 0 Å². The molecule has 1 aliphatic rings. The first-order valence-electron chi connectivity index (χ1n) is 6.96. The van der Waals surface area contributed by atoms with Crippen molar-refractivity contribution < 1.29 is 4.79 Å². The van der Waals surface area contributed by atoms with E-state index in [1.165, 1.54) is 0 Å².